The molecule has 3 aromatic rings. The van der Waals surface area contributed by atoms with Crippen molar-refractivity contribution in [2.45, 2.75) is 12.6 Å². The minimum absolute atomic E-state index is 0.0947. The third kappa shape index (κ3) is 4.15. The zero-order valence-electron chi connectivity index (χ0n) is 18.0. The minimum Gasteiger partial charge on any atom is -0.507 e. The van der Waals surface area contributed by atoms with Gasteiger partial charge in [0.05, 0.1) is 25.8 Å². The number of aliphatic hydroxyl groups excluding tert-OH is 1. The lowest BCUT2D eigenvalue weighted by Gasteiger charge is -2.26. The Morgan fingerprint density at radius 1 is 1.06 bits per heavy atom. The Morgan fingerprint density at radius 2 is 1.79 bits per heavy atom. The molecule has 7 nitrogen and oxygen atoms in total. The maximum Gasteiger partial charge on any atom is 0.295 e. The van der Waals surface area contributed by atoms with Crippen LogP contribution in [-0.4, -0.2) is 40.9 Å². The highest BCUT2D eigenvalue weighted by Crippen LogP contribution is 2.42. The molecule has 1 N–H and O–H groups in total. The lowest BCUT2D eigenvalue weighted by Crippen LogP contribution is -2.29. The van der Waals surface area contributed by atoms with E-state index in [0.29, 0.717) is 22.6 Å². The number of benzene rings is 2. The van der Waals surface area contributed by atoms with Crippen molar-refractivity contribution < 1.29 is 28.6 Å². The van der Waals surface area contributed by atoms with E-state index in [0.717, 1.165) is 0 Å². The lowest BCUT2D eigenvalue weighted by molar-refractivity contribution is -0.140. The van der Waals surface area contributed by atoms with Crippen molar-refractivity contribution in [1.82, 2.24) is 9.88 Å². The predicted molar refractivity (Wildman–Crippen MR) is 118 cm³/mol. The number of aromatic nitrogens is 1. The standard InChI is InChI=1S/C25H21FN2O5/c1-32-19-10-7-17(12-20(19)33-2)22-21(23(29)16-5-8-18(26)9-6-16)24(30)25(31)28(22)14-15-4-3-11-27-13-15/h3-13,22,29H,14H2,1-2H3/b23-21+. The first kappa shape index (κ1) is 22.0. The fourth-order valence-corrected chi connectivity index (χ4v) is 3.86. The summed E-state index contributed by atoms with van der Waals surface area (Å²) in [5.74, 6) is -1.59. The smallest absolute Gasteiger partial charge is 0.295 e. The average Bonchev–Trinajstić information content (AvgIpc) is 3.09. The molecule has 1 atom stereocenters. The van der Waals surface area contributed by atoms with E-state index >= 15 is 0 Å². The van der Waals surface area contributed by atoms with Crippen molar-refractivity contribution in [1.29, 1.82) is 0 Å². The van der Waals surface area contributed by atoms with Crippen molar-refractivity contribution in [3.05, 3.63) is 95.1 Å². The highest BCUT2D eigenvalue weighted by Gasteiger charge is 2.46. The van der Waals surface area contributed by atoms with Crippen LogP contribution in [-0.2, 0) is 16.1 Å². The summed E-state index contributed by atoms with van der Waals surface area (Å²) in [5.41, 5.74) is 1.38. The Hall–Kier alpha value is -4.20. The molecule has 0 bridgehead atoms. The highest BCUT2D eigenvalue weighted by atomic mass is 19.1. The second kappa shape index (κ2) is 9.12. The van der Waals surface area contributed by atoms with Crippen molar-refractivity contribution in [3.63, 3.8) is 0 Å². The molecule has 1 saturated heterocycles. The van der Waals surface area contributed by atoms with Gasteiger partial charge in [-0.25, -0.2) is 4.39 Å². The van der Waals surface area contributed by atoms with E-state index in [9.17, 15) is 19.1 Å². The van der Waals surface area contributed by atoms with Crippen molar-refractivity contribution in [3.8, 4) is 11.5 Å². The van der Waals surface area contributed by atoms with Crippen molar-refractivity contribution >= 4 is 17.4 Å². The topological polar surface area (TPSA) is 89.0 Å². The molecule has 0 spiro atoms. The molecule has 1 amide bonds. The molecule has 0 aliphatic carbocycles. The average molecular weight is 448 g/mol. The summed E-state index contributed by atoms with van der Waals surface area (Å²) in [6, 6.07) is 12.7. The fraction of sp³-hybridized carbons (Fsp3) is 0.160. The number of pyridine rings is 1. The lowest BCUT2D eigenvalue weighted by atomic mass is 9.95. The number of hydrogen-bond acceptors (Lipinski definition) is 6. The second-order valence-corrected chi connectivity index (χ2v) is 7.41. The molecule has 0 radical (unpaired) electrons. The SMILES string of the molecule is COc1ccc(C2/C(=C(\O)c3ccc(F)cc3)C(=O)C(=O)N2Cc2cccnc2)cc1OC. The quantitative estimate of drug-likeness (QED) is 0.350. The van der Waals surface area contributed by atoms with Crippen LogP contribution in [0.4, 0.5) is 4.39 Å². The molecule has 0 saturated carbocycles. The molecule has 4 rings (SSSR count). The number of rotatable bonds is 6. The molecule has 2 heterocycles. The van der Waals surface area contributed by atoms with Gasteiger partial charge in [0, 0.05) is 24.5 Å². The normalized spacial score (nSPS) is 17.3. The third-order valence-corrected chi connectivity index (χ3v) is 5.46. The minimum atomic E-state index is -0.907. The van der Waals surface area contributed by atoms with Gasteiger partial charge in [-0.1, -0.05) is 12.1 Å². The zero-order chi connectivity index (χ0) is 23.5. The summed E-state index contributed by atoms with van der Waals surface area (Å²) < 4.78 is 24.1. The Labute approximate surface area is 189 Å². The molecule has 1 aliphatic rings. The monoisotopic (exact) mass is 448 g/mol. The molecular formula is C25H21FN2O5. The number of methoxy groups -OCH3 is 2. The van der Waals surface area contributed by atoms with E-state index in [2.05, 4.69) is 4.98 Å². The number of hydrogen-bond donors (Lipinski definition) is 1. The molecule has 168 valence electrons. The van der Waals surface area contributed by atoms with Crippen LogP contribution in [0.5, 0.6) is 11.5 Å². The number of carbonyl (C=O) groups excluding carboxylic acids is 2. The Kier molecular flexibility index (Phi) is 6.08. The molecule has 1 aromatic heterocycles. The predicted octanol–water partition coefficient (Wildman–Crippen LogP) is 3.86. The Morgan fingerprint density at radius 3 is 2.42 bits per heavy atom. The first-order valence-electron chi connectivity index (χ1n) is 10.1. The highest BCUT2D eigenvalue weighted by molar-refractivity contribution is 6.46. The van der Waals surface area contributed by atoms with Crippen LogP contribution in [0, 0.1) is 5.82 Å². The summed E-state index contributed by atoms with van der Waals surface area (Å²) >= 11 is 0. The Balaban J connectivity index is 1.89. The van der Waals surface area contributed by atoms with Gasteiger partial charge in [0.15, 0.2) is 11.5 Å². The number of amides is 1. The molecule has 1 aliphatic heterocycles. The number of carbonyl (C=O) groups is 2. The van der Waals surface area contributed by atoms with Crippen LogP contribution < -0.4 is 9.47 Å². The fourth-order valence-electron chi connectivity index (χ4n) is 3.86. The van der Waals surface area contributed by atoms with E-state index < -0.39 is 23.5 Å². The van der Waals surface area contributed by atoms with Crippen LogP contribution in [0.3, 0.4) is 0 Å². The van der Waals surface area contributed by atoms with Gasteiger partial charge < -0.3 is 19.5 Å². The summed E-state index contributed by atoms with van der Waals surface area (Å²) in [6.45, 7) is 0.0949. The Bertz CT molecular complexity index is 1230. The largest absolute Gasteiger partial charge is 0.507 e. The van der Waals surface area contributed by atoms with Gasteiger partial charge in [0.1, 0.15) is 11.6 Å². The number of Topliss-reactive ketones (excluding diaryl/α,β-unsaturated/α-hetero) is 1. The number of ketones is 1. The first-order valence-corrected chi connectivity index (χ1v) is 10.1. The molecule has 2 aromatic carbocycles. The molecule has 1 unspecified atom stereocenters. The van der Waals surface area contributed by atoms with Crippen LogP contribution in [0.2, 0.25) is 0 Å². The molecule has 8 heteroatoms. The number of aliphatic hydroxyl groups is 1. The van der Waals surface area contributed by atoms with Crippen LogP contribution >= 0.6 is 0 Å². The molecule has 33 heavy (non-hydrogen) atoms. The second-order valence-electron chi connectivity index (χ2n) is 7.41. The summed E-state index contributed by atoms with van der Waals surface area (Å²) in [4.78, 5) is 31.6. The van der Waals surface area contributed by atoms with Crippen molar-refractivity contribution in [2.24, 2.45) is 0 Å². The van der Waals surface area contributed by atoms with Gasteiger partial charge in [-0.2, -0.15) is 0 Å². The van der Waals surface area contributed by atoms with E-state index in [4.69, 9.17) is 9.47 Å². The van der Waals surface area contributed by atoms with Gasteiger partial charge in [0.25, 0.3) is 11.7 Å². The number of halogens is 1. The zero-order valence-corrected chi connectivity index (χ0v) is 18.0. The first-order chi connectivity index (χ1) is 15.9. The van der Waals surface area contributed by atoms with Gasteiger partial charge >= 0.3 is 0 Å². The van der Waals surface area contributed by atoms with Crippen molar-refractivity contribution in [2.75, 3.05) is 14.2 Å². The maximum absolute atomic E-state index is 13.4. The molecular weight excluding hydrogens is 427 g/mol. The summed E-state index contributed by atoms with van der Waals surface area (Å²) in [5, 5.41) is 11.0. The van der Waals surface area contributed by atoms with E-state index in [1.807, 2.05) is 0 Å². The van der Waals surface area contributed by atoms with E-state index in [1.54, 1.807) is 42.7 Å². The van der Waals surface area contributed by atoms with Crippen LogP contribution in [0.25, 0.3) is 5.76 Å². The van der Waals surface area contributed by atoms with Gasteiger partial charge in [-0.3, -0.25) is 14.6 Å². The number of nitrogens with zero attached hydrogens (tertiary/aromatic N) is 2. The summed E-state index contributed by atoms with van der Waals surface area (Å²) in [7, 11) is 2.98. The van der Waals surface area contributed by atoms with E-state index in [-0.39, 0.29) is 23.4 Å². The van der Waals surface area contributed by atoms with Gasteiger partial charge in [0.2, 0.25) is 0 Å². The number of ether oxygens (including phenoxy) is 2. The maximum atomic E-state index is 13.4. The third-order valence-electron chi connectivity index (χ3n) is 5.46. The van der Waals surface area contributed by atoms with Gasteiger partial charge in [-0.05, 0) is 53.6 Å². The molecule has 1 fully saturated rings. The van der Waals surface area contributed by atoms with E-state index in [1.165, 1.54) is 43.4 Å². The number of likely N-dealkylation sites (tertiary alicyclic amines) is 1. The van der Waals surface area contributed by atoms with Crippen LogP contribution in [0.1, 0.15) is 22.7 Å². The van der Waals surface area contributed by atoms with Crippen LogP contribution in [0.15, 0.2) is 72.6 Å². The van der Waals surface area contributed by atoms with Gasteiger partial charge in [-0.15, -0.1) is 0 Å². The summed E-state index contributed by atoms with van der Waals surface area (Å²) in [6.07, 6.45) is 3.21.